The van der Waals surface area contributed by atoms with Gasteiger partial charge >= 0.3 is 0 Å². The second-order valence-corrected chi connectivity index (χ2v) is 8.30. The lowest BCUT2D eigenvalue weighted by Crippen LogP contribution is -2.51. The molecule has 0 radical (unpaired) electrons. The van der Waals surface area contributed by atoms with Gasteiger partial charge in [0.05, 0.1) is 22.4 Å². The lowest BCUT2D eigenvalue weighted by atomic mass is 10.0. The minimum atomic E-state index is -0.693. The fourth-order valence-electron chi connectivity index (χ4n) is 3.50. The van der Waals surface area contributed by atoms with E-state index in [9.17, 15) is 14.6 Å². The molecule has 29 heavy (non-hydrogen) atoms. The molecule has 4 rings (SSSR count). The summed E-state index contributed by atoms with van der Waals surface area (Å²) < 4.78 is 19.5. The van der Waals surface area contributed by atoms with Crippen molar-refractivity contribution in [1.29, 1.82) is 0 Å². The standard InChI is InChI=1S/C21H24FN3O3S/c22-14-5-7-16(8-6-14)28-13-15(26)11-25-10-9-17(19(27)12-25)23-21-24-18-3-1-2-4-20(18)29-21/h1-8,15,17,19,26-27H,9-13H2,(H,23,24)/t15?,17-,19+/m1/s1. The highest BCUT2D eigenvalue weighted by Crippen LogP contribution is 2.27. The maximum absolute atomic E-state index is 12.9. The topological polar surface area (TPSA) is 77.9 Å². The molecule has 2 heterocycles. The van der Waals surface area contributed by atoms with E-state index >= 15 is 0 Å². The molecule has 1 aliphatic heterocycles. The van der Waals surface area contributed by atoms with Gasteiger partial charge in [0, 0.05) is 19.6 Å². The number of para-hydroxylation sites is 1. The molecular weight excluding hydrogens is 393 g/mol. The minimum Gasteiger partial charge on any atom is -0.491 e. The van der Waals surface area contributed by atoms with Crippen molar-refractivity contribution < 1.29 is 19.3 Å². The van der Waals surface area contributed by atoms with Gasteiger partial charge in [-0.05, 0) is 42.8 Å². The van der Waals surface area contributed by atoms with Crippen molar-refractivity contribution in [2.45, 2.75) is 24.7 Å². The highest BCUT2D eigenvalue weighted by Gasteiger charge is 2.29. The summed E-state index contributed by atoms with van der Waals surface area (Å²) in [6.07, 6.45) is -0.496. The molecule has 6 nitrogen and oxygen atoms in total. The lowest BCUT2D eigenvalue weighted by Gasteiger charge is -2.37. The molecule has 3 atom stereocenters. The monoisotopic (exact) mass is 417 g/mol. The third-order valence-corrected chi connectivity index (χ3v) is 5.96. The maximum atomic E-state index is 12.9. The third-order valence-electron chi connectivity index (χ3n) is 4.99. The van der Waals surface area contributed by atoms with E-state index in [0.29, 0.717) is 18.8 Å². The Morgan fingerprint density at radius 1 is 1.24 bits per heavy atom. The van der Waals surface area contributed by atoms with E-state index in [2.05, 4.69) is 10.3 Å². The van der Waals surface area contributed by atoms with E-state index in [4.69, 9.17) is 4.74 Å². The summed E-state index contributed by atoms with van der Waals surface area (Å²) in [5.41, 5.74) is 0.955. The number of β-amino-alcohol motifs (C(OH)–C–C–N with tert-alkyl or cyclic N) is 2. The molecule has 0 aliphatic carbocycles. The van der Waals surface area contributed by atoms with Crippen LogP contribution in [0.25, 0.3) is 10.2 Å². The fraction of sp³-hybridized carbons (Fsp3) is 0.381. The number of aliphatic hydroxyl groups is 2. The average Bonchev–Trinajstić information content (AvgIpc) is 3.12. The van der Waals surface area contributed by atoms with Gasteiger partial charge in [-0.2, -0.15) is 0 Å². The zero-order valence-corrected chi connectivity index (χ0v) is 16.7. The zero-order chi connectivity index (χ0) is 20.2. The van der Waals surface area contributed by atoms with E-state index in [1.807, 2.05) is 29.2 Å². The van der Waals surface area contributed by atoms with E-state index in [-0.39, 0.29) is 18.5 Å². The van der Waals surface area contributed by atoms with Crippen molar-refractivity contribution in [2.24, 2.45) is 0 Å². The highest BCUT2D eigenvalue weighted by atomic mass is 32.1. The van der Waals surface area contributed by atoms with Crippen LogP contribution in [0, 0.1) is 5.82 Å². The van der Waals surface area contributed by atoms with Crippen LogP contribution in [0.15, 0.2) is 48.5 Å². The van der Waals surface area contributed by atoms with Gasteiger partial charge in [-0.3, -0.25) is 4.90 Å². The van der Waals surface area contributed by atoms with E-state index in [0.717, 1.165) is 28.3 Å². The van der Waals surface area contributed by atoms with Gasteiger partial charge in [0.25, 0.3) is 0 Å². The molecule has 0 bridgehead atoms. The van der Waals surface area contributed by atoms with Crippen molar-refractivity contribution >= 4 is 26.7 Å². The number of aromatic nitrogens is 1. The third kappa shape index (κ3) is 5.22. The molecule has 1 fully saturated rings. The van der Waals surface area contributed by atoms with Gasteiger partial charge in [0.2, 0.25) is 0 Å². The number of ether oxygens (including phenoxy) is 1. The Balaban J connectivity index is 1.24. The Bertz CT molecular complexity index is 903. The molecule has 154 valence electrons. The normalized spacial score (nSPS) is 21.2. The van der Waals surface area contributed by atoms with Crippen LogP contribution in [0.5, 0.6) is 5.75 Å². The van der Waals surface area contributed by atoms with Gasteiger partial charge in [-0.25, -0.2) is 9.37 Å². The van der Waals surface area contributed by atoms with Gasteiger partial charge in [0.15, 0.2) is 5.13 Å². The Morgan fingerprint density at radius 3 is 2.79 bits per heavy atom. The Labute approximate surface area is 172 Å². The van der Waals surface area contributed by atoms with Crippen LogP contribution in [-0.4, -0.2) is 64.6 Å². The molecule has 3 aromatic rings. The van der Waals surface area contributed by atoms with Crippen molar-refractivity contribution in [3.8, 4) is 5.75 Å². The summed E-state index contributed by atoms with van der Waals surface area (Å²) in [6.45, 7) is 1.75. The van der Waals surface area contributed by atoms with E-state index < -0.39 is 12.2 Å². The molecule has 1 aliphatic rings. The average molecular weight is 418 g/mol. The number of thiazole rings is 1. The van der Waals surface area contributed by atoms with E-state index in [1.54, 1.807) is 11.3 Å². The number of hydrogen-bond donors (Lipinski definition) is 3. The number of rotatable bonds is 7. The van der Waals surface area contributed by atoms with Gasteiger partial charge in [-0.1, -0.05) is 23.5 Å². The number of aliphatic hydroxyl groups excluding tert-OH is 2. The number of hydrogen-bond acceptors (Lipinski definition) is 7. The molecule has 0 spiro atoms. The molecule has 1 unspecified atom stereocenters. The molecule has 1 aromatic heterocycles. The molecule has 0 amide bonds. The summed E-state index contributed by atoms with van der Waals surface area (Å²) in [5.74, 6) is 0.193. The van der Waals surface area contributed by atoms with Crippen molar-refractivity contribution in [3.63, 3.8) is 0 Å². The first kappa shape index (κ1) is 20.0. The predicted molar refractivity (Wildman–Crippen MR) is 112 cm³/mol. The Hall–Kier alpha value is -2.26. The number of nitrogens with one attached hydrogen (secondary N) is 1. The molecule has 0 saturated carbocycles. The second kappa shape index (κ2) is 9.04. The van der Waals surface area contributed by atoms with Gasteiger partial charge in [-0.15, -0.1) is 0 Å². The maximum Gasteiger partial charge on any atom is 0.184 e. The predicted octanol–water partition coefficient (Wildman–Crippen LogP) is 2.72. The quantitative estimate of drug-likeness (QED) is 0.549. The summed E-state index contributed by atoms with van der Waals surface area (Å²) in [4.78, 5) is 6.60. The number of halogens is 1. The molecule has 1 saturated heterocycles. The van der Waals surface area contributed by atoms with Gasteiger partial charge in [0.1, 0.15) is 24.3 Å². The smallest absolute Gasteiger partial charge is 0.184 e. The Morgan fingerprint density at radius 2 is 2.03 bits per heavy atom. The molecule has 2 aromatic carbocycles. The molecular formula is C21H24FN3O3S. The first-order chi connectivity index (χ1) is 14.1. The van der Waals surface area contributed by atoms with Crippen LogP contribution in [0.1, 0.15) is 6.42 Å². The number of likely N-dealkylation sites (tertiary alicyclic amines) is 1. The highest BCUT2D eigenvalue weighted by molar-refractivity contribution is 7.22. The summed E-state index contributed by atoms with van der Waals surface area (Å²) >= 11 is 1.58. The van der Waals surface area contributed by atoms with Crippen LogP contribution in [-0.2, 0) is 0 Å². The summed E-state index contributed by atoms with van der Waals surface area (Å²) in [6, 6.07) is 13.6. The molecule has 3 N–H and O–H groups in total. The van der Waals surface area contributed by atoms with Crippen LogP contribution >= 0.6 is 11.3 Å². The first-order valence-electron chi connectivity index (χ1n) is 9.66. The van der Waals surface area contributed by atoms with Crippen LogP contribution in [0.2, 0.25) is 0 Å². The van der Waals surface area contributed by atoms with Crippen LogP contribution < -0.4 is 10.1 Å². The van der Waals surface area contributed by atoms with Gasteiger partial charge < -0.3 is 20.3 Å². The van der Waals surface area contributed by atoms with Crippen molar-refractivity contribution in [1.82, 2.24) is 9.88 Å². The number of piperidine rings is 1. The number of anilines is 1. The summed E-state index contributed by atoms with van der Waals surface area (Å²) in [5, 5.41) is 25.0. The second-order valence-electron chi connectivity index (χ2n) is 7.27. The number of benzene rings is 2. The fourth-order valence-corrected chi connectivity index (χ4v) is 4.43. The van der Waals surface area contributed by atoms with Crippen LogP contribution in [0.4, 0.5) is 9.52 Å². The first-order valence-corrected chi connectivity index (χ1v) is 10.5. The zero-order valence-electron chi connectivity index (χ0n) is 15.9. The SMILES string of the molecule is OC(COc1ccc(F)cc1)CN1CC[C@@H](Nc2nc3ccccc3s2)[C@@H](O)C1. The Kier molecular flexibility index (Phi) is 6.25. The molecule has 8 heteroatoms. The van der Waals surface area contributed by atoms with Crippen LogP contribution in [0.3, 0.4) is 0 Å². The minimum absolute atomic E-state index is 0.0700. The van der Waals surface area contributed by atoms with Crippen molar-refractivity contribution in [3.05, 3.63) is 54.3 Å². The van der Waals surface area contributed by atoms with Crippen molar-refractivity contribution in [2.75, 3.05) is 31.6 Å². The number of nitrogens with zero attached hydrogens (tertiary/aromatic N) is 2. The summed E-state index contributed by atoms with van der Waals surface area (Å²) in [7, 11) is 0. The number of fused-ring (bicyclic) bond motifs is 1. The van der Waals surface area contributed by atoms with E-state index in [1.165, 1.54) is 24.3 Å². The largest absolute Gasteiger partial charge is 0.491 e. The lowest BCUT2D eigenvalue weighted by molar-refractivity contribution is 0.0188.